The van der Waals surface area contributed by atoms with Crippen molar-refractivity contribution in [2.24, 2.45) is 10.8 Å². The van der Waals surface area contributed by atoms with Gasteiger partial charge in [-0.3, -0.25) is 10.2 Å². The van der Waals surface area contributed by atoms with E-state index in [0.29, 0.717) is 5.36 Å². The fourth-order valence-corrected chi connectivity index (χ4v) is 1.61. The number of nitrogens with two attached hydrogens (primary N) is 1. The maximum atomic E-state index is 11.3. The van der Waals surface area contributed by atoms with E-state index in [-0.39, 0.29) is 0 Å². The predicted octanol–water partition coefficient (Wildman–Crippen LogP) is -0.975. The first-order chi connectivity index (χ1) is 6.65. The summed E-state index contributed by atoms with van der Waals surface area (Å²) in [4.78, 5) is 14.0. The fourth-order valence-electron chi connectivity index (χ4n) is 1.34. The van der Waals surface area contributed by atoms with Crippen LogP contribution in [-0.2, 0) is 4.79 Å². The Kier molecular flexibility index (Phi) is 2.02. The molecule has 0 saturated carbocycles. The van der Waals surface area contributed by atoms with Crippen LogP contribution in [0.1, 0.15) is 0 Å². The molecule has 1 aromatic carbocycles. The molecular formula is C9H8ClN3O. The third-order valence-corrected chi connectivity index (χ3v) is 2.38. The zero-order valence-corrected chi connectivity index (χ0v) is 7.95. The number of benzene rings is 1. The highest BCUT2D eigenvalue weighted by Crippen LogP contribution is 2.19. The lowest BCUT2D eigenvalue weighted by Gasteiger charge is -2.12. The SMILES string of the molecule is NNC(=O)C1(Cl)C=c2ccccc2=N1. The van der Waals surface area contributed by atoms with Crippen molar-refractivity contribution in [2.45, 2.75) is 5.00 Å². The van der Waals surface area contributed by atoms with Crippen LogP contribution in [0, 0.1) is 0 Å². The molecule has 4 nitrogen and oxygen atoms in total. The number of hydrazine groups is 1. The van der Waals surface area contributed by atoms with Gasteiger partial charge >= 0.3 is 0 Å². The number of rotatable bonds is 1. The van der Waals surface area contributed by atoms with Gasteiger partial charge in [0.25, 0.3) is 5.91 Å². The van der Waals surface area contributed by atoms with Gasteiger partial charge in [0.1, 0.15) is 0 Å². The molecule has 1 unspecified atom stereocenters. The van der Waals surface area contributed by atoms with Gasteiger partial charge in [-0.1, -0.05) is 29.8 Å². The van der Waals surface area contributed by atoms with Crippen LogP contribution in [0.5, 0.6) is 0 Å². The van der Waals surface area contributed by atoms with E-state index in [1.54, 1.807) is 12.1 Å². The standard InChI is InChI=1S/C9H8ClN3O/c10-9(8(14)13-11)5-6-3-1-2-4-7(6)12-9/h1-5H,11H2,(H,13,14). The minimum absolute atomic E-state index is 0.532. The second kappa shape index (κ2) is 3.08. The van der Waals surface area contributed by atoms with Gasteiger partial charge < -0.3 is 0 Å². The summed E-state index contributed by atoms with van der Waals surface area (Å²) in [5.74, 6) is 4.48. The molecule has 72 valence electrons. The summed E-state index contributed by atoms with van der Waals surface area (Å²) in [7, 11) is 0. The van der Waals surface area contributed by atoms with Crippen LogP contribution < -0.4 is 21.8 Å². The van der Waals surface area contributed by atoms with Crippen molar-refractivity contribution in [3.8, 4) is 0 Å². The van der Waals surface area contributed by atoms with E-state index in [9.17, 15) is 4.79 Å². The highest BCUT2D eigenvalue weighted by Gasteiger charge is 2.34. The smallest absolute Gasteiger partial charge is 0.281 e. The largest absolute Gasteiger partial charge is 0.291 e. The zero-order valence-electron chi connectivity index (χ0n) is 7.20. The van der Waals surface area contributed by atoms with Crippen LogP contribution in [0.25, 0.3) is 6.08 Å². The highest BCUT2D eigenvalue weighted by molar-refractivity contribution is 6.39. The van der Waals surface area contributed by atoms with Crippen molar-refractivity contribution in [3.63, 3.8) is 0 Å². The van der Waals surface area contributed by atoms with Gasteiger partial charge in [-0.25, -0.2) is 10.8 Å². The quantitative estimate of drug-likeness (QED) is 0.205. The average molecular weight is 210 g/mol. The van der Waals surface area contributed by atoms with Gasteiger partial charge in [0, 0.05) is 0 Å². The second-order valence-corrected chi connectivity index (χ2v) is 3.54. The van der Waals surface area contributed by atoms with Gasteiger partial charge in [-0.05, 0) is 17.4 Å². The summed E-state index contributed by atoms with van der Waals surface area (Å²) in [6, 6.07) is 7.32. The Bertz CT molecular complexity index is 462. The number of para-hydroxylation sites is 1. The number of carbonyl (C=O) groups excluding carboxylic acids is 1. The van der Waals surface area contributed by atoms with E-state index in [4.69, 9.17) is 17.4 Å². The average Bonchev–Trinajstić information content (AvgIpc) is 2.54. The lowest BCUT2D eigenvalue weighted by Crippen LogP contribution is -2.42. The Hall–Kier alpha value is -1.39. The normalized spacial score (nSPS) is 23.3. The molecule has 1 aliphatic rings. The molecule has 0 aromatic heterocycles. The van der Waals surface area contributed by atoms with Crippen LogP contribution in [0.3, 0.4) is 0 Å². The molecule has 1 atom stereocenters. The van der Waals surface area contributed by atoms with E-state index in [1.807, 2.05) is 23.6 Å². The fraction of sp³-hybridized carbons (Fsp3) is 0.111. The Balaban J connectivity index is 2.59. The first-order valence-electron chi connectivity index (χ1n) is 4.03. The van der Waals surface area contributed by atoms with E-state index in [2.05, 4.69) is 4.99 Å². The van der Waals surface area contributed by atoms with Crippen LogP contribution in [0.4, 0.5) is 0 Å². The Morgan fingerprint density at radius 1 is 1.50 bits per heavy atom. The second-order valence-electron chi connectivity index (χ2n) is 2.96. The summed E-state index contributed by atoms with van der Waals surface area (Å²) >= 11 is 5.97. The Morgan fingerprint density at radius 2 is 2.21 bits per heavy atom. The van der Waals surface area contributed by atoms with Crippen LogP contribution >= 0.6 is 11.6 Å². The molecule has 0 bridgehead atoms. The van der Waals surface area contributed by atoms with Crippen molar-refractivity contribution >= 4 is 23.6 Å². The third kappa shape index (κ3) is 1.29. The number of nitrogens with one attached hydrogen (secondary N) is 1. The van der Waals surface area contributed by atoms with Gasteiger partial charge in [-0.2, -0.15) is 0 Å². The summed E-state index contributed by atoms with van der Waals surface area (Å²) < 4.78 is 0. The van der Waals surface area contributed by atoms with Crippen LogP contribution in [0.2, 0.25) is 0 Å². The molecule has 0 radical (unpaired) electrons. The van der Waals surface area contributed by atoms with Crippen molar-refractivity contribution in [1.29, 1.82) is 0 Å². The predicted molar refractivity (Wildman–Crippen MR) is 52.6 cm³/mol. The van der Waals surface area contributed by atoms with Gasteiger partial charge in [0.15, 0.2) is 0 Å². The van der Waals surface area contributed by atoms with E-state index in [0.717, 1.165) is 5.22 Å². The number of hydrogen-bond donors (Lipinski definition) is 2. The van der Waals surface area contributed by atoms with Crippen molar-refractivity contribution in [3.05, 3.63) is 34.8 Å². The van der Waals surface area contributed by atoms with Gasteiger partial charge in [0.2, 0.25) is 5.00 Å². The molecule has 14 heavy (non-hydrogen) atoms. The molecule has 0 spiro atoms. The molecule has 1 amide bonds. The van der Waals surface area contributed by atoms with Gasteiger partial charge in [0.05, 0.1) is 5.36 Å². The molecule has 0 fully saturated rings. The Morgan fingerprint density at radius 3 is 2.86 bits per heavy atom. The minimum Gasteiger partial charge on any atom is -0.291 e. The molecule has 5 heteroatoms. The number of alkyl halides is 1. The topological polar surface area (TPSA) is 67.5 Å². The third-order valence-electron chi connectivity index (χ3n) is 2.02. The van der Waals surface area contributed by atoms with Crippen molar-refractivity contribution < 1.29 is 4.79 Å². The van der Waals surface area contributed by atoms with E-state index >= 15 is 0 Å². The van der Waals surface area contributed by atoms with E-state index < -0.39 is 10.9 Å². The van der Waals surface area contributed by atoms with E-state index in [1.165, 1.54) is 0 Å². The number of nitrogens with zero attached hydrogens (tertiary/aromatic N) is 1. The number of fused-ring (bicyclic) bond motifs is 1. The highest BCUT2D eigenvalue weighted by atomic mass is 35.5. The van der Waals surface area contributed by atoms with Crippen molar-refractivity contribution in [1.82, 2.24) is 5.43 Å². The summed E-state index contributed by atoms with van der Waals surface area (Å²) in [6.45, 7) is 0. The number of hydrogen-bond acceptors (Lipinski definition) is 3. The monoisotopic (exact) mass is 209 g/mol. The maximum Gasteiger partial charge on any atom is 0.281 e. The first kappa shape index (κ1) is 9.18. The molecule has 3 N–H and O–H groups in total. The number of carbonyl (C=O) groups is 1. The molecular weight excluding hydrogens is 202 g/mol. The molecule has 1 aliphatic heterocycles. The minimum atomic E-state index is -1.39. The Labute approximate surface area is 85.1 Å². The van der Waals surface area contributed by atoms with Crippen molar-refractivity contribution in [2.75, 3.05) is 0 Å². The van der Waals surface area contributed by atoms with Crippen LogP contribution in [-0.4, -0.2) is 10.9 Å². The summed E-state index contributed by atoms with van der Waals surface area (Å²) in [5, 5.41) is 1.54. The molecule has 1 heterocycles. The number of amides is 1. The van der Waals surface area contributed by atoms with Gasteiger partial charge in [-0.15, -0.1) is 0 Å². The molecule has 0 saturated heterocycles. The molecule has 1 aromatic rings. The number of halogens is 1. The lowest BCUT2D eigenvalue weighted by molar-refractivity contribution is -0.122. The zero-order chi connectivity index (χ0) is 10.2. The summed E-state index contributed by atoms with van der Waals surface area (Å²) in [5.41, 5.74) is 1.99. The van der Waals surface area contributed by atoms with Crippen LogP contribution in [0.15, 0.2) is 29.3 Å². The maximum absolute atomic E-state index is 11.3. The molecule has 2 rings (SSSR count). The summed E-state index contributed by atoms with van der Waals surface area (Å²) in [6.07, 6.45) is 1.58. The molecule has 0 aliphatic carbocycles. The first-order valence-corrected chi connectivity index (χ1v) is 4.41. The lowest BCUT2D eigenvalue weighted by atomic mass is 10.2.